The van der Waals surface area contributed by atoms with Gasteiger partial charge in [0.25, 0.3) is 0 Å². The number of likely N-dealkylation sites (N-methyl/N-ethyl adjacent to an activating group) is 1. The van der Waals surface area contributed by atoms with E-state index in [1.807, 2.05) is 0 Å². The minimum absolute atomic E-state index is 0.758. The molecule has 1 aliphatic rings. The molecule has 11 heavy (non-hydrogen) atoms. The molecule has 1 unspecified atom stereocenters. The third-order valence-electron chi connectivity index (χ3n) is 2.48. The van der Waals surface area contributed by atoms with Crippen LogP contribution >= 0.6 is 0 Å². The van der Waals surface area contributed by atoms with Crippen molar-refractivity contribution in [3.8, 4) is 0 Å². The van der Waals surface area contributed by atoms with Gasteiger partial charge in [0.15, 0.2) is 0 Å². The van der Waals surface area contributed by atoms with Gasteiger partial charge in [0.05, 0.1) is 0 Å². The van der Waals surface area contributed by atoms with Crippen molar-refractivity contribution in [3.63, 3.8) is 0 Å². The summed E-state index contributed by atoms with van der Waals surface area (Å²) in [5.41, 5.74) is 0. The van der Waals surface area contributed by atoms with Crippen LogP contribution in [-0.4, -0.2) is 49.1 Å². The van der Waals surface area contributed by atoms with Gasteiger partial charge in [-0.1, -0.05) is 6.92 Å². The van der Waals surface area contributed by atoms with Crippen molar-refractivity contribution >= 4 is 0 Å². The van der Waals surface area contributed by atoms with Crippen LogP contribution in [0.4, 0.5) is 0 Å². The molecule has 0 aromatic heterocycles. The maximum absolute atomic E-state index is 2.58. The van der Waals surface area contributed by atoms with Gasteiger partial charge in [0, 0.05) is 25.7 Å². The van der Waals surface area contributed by atoms with Gasteiger partial charge in [-0.05, 0) is 26.9 Å². The van der Waals surface area contributed by atoms with Crippen molar-refractivity contribution in [1.82, 2.24) is 9.80 Å². The zero-order valence-electron chi connectivity index (χ0n) is 8.01. The average Bonchev–Trinajstić information content (AvgIpc) is 1.95. The fourth-order valence-electron chi connectivity index (χ4n) is 1.80. The number of nitrogens with zero attached hydrogens (tertiary/aromatic N) is 2. The van der Waals surface area contributed by atoms with Crippen LogP contribution in [0, 0.1) is 0 Å². The summed E-state index contributed by atoms with van der Waals surface area (Å²) >= 11 is 0. The molecule has 1 aliphatic heterocycles. The maximum atomic E-state index is 2.58. The molecular weight excluding hydrogens is 136 g/mol. The van der Waals surface area contributed by atoms with E-state index in [4.69, 9.17) is 0 Å². The minimum Gasteiger partial charge on any atom is -0.304 e. The fraction of sp³-hybridized carbons (Fsp3) is 1.00. The topological polar surface area (TPSA) is 6.48 Å². The summed E-state index contributed by atoms with van der Waals surface area (Å²) < 4.78 is 0. The van der Waals surface area contributed by atoms with Crippen LogP contribution in [0.2, 0.25) is 0 Å². The van der Waals surface area contributed by atoms with E-state index in [0.717, 1.165) is 6.04 Å². The second kappa shape index (κ2) is 4.07. The largest absolute Gasteiger partial charge is 0.304 e. The van der Waals surface area contributed by atoms with Crippen LogP contribution in [0.5, 0.6) is 0 Å². The summed E-state index contributed by atoms with van der Waals surface area (Å²) in [6, 6.07) is 0.758. The molecule has 0 N–H and O–H groups in total. The van der Waals surface area contributed by atoms with E-state index in [1.54, 1.807) is 0 Å². The van der Waals surface area contributed by atoms with Gasteiger partial charge in [-0.2, -0.15) is 0 Å². The van der Waals surface area contributed by atoms with Crippen LogP contribution in [0.25, 0.3) is 0 Å². The van der Waals surface area contributed by atoms with Gasteiger partial charge in [-0.15, -0.1) is 0 Å². The molecule has 0 radical (unpaired) electrons. The van der Waals surface area contributed by atoms with Crippen LogP contribution in [-0.2, 0) is 0 Å². The Morgan fingerprint density at radius 1 is 1.36 bits per heavy atom. The first-order valence-electron chi connectivity index (χ1n) is 4.66. The van der Waals surface area contributed by atoms with E-state index >= 15 is 0 Å². The van der Waals surface area contributed by atoms with Gasteiger partial charge < -0.3 is 4.90 Å². The van der Waals surface area contributed by atoms with Crippen molar-refractivity contribution < 1.29 is 0 Å². The number of piperazine rings is 1. The maximum Gasteiger partial charge on any atom is 0.0195 e. The lowest BCUT2D eigenvalue weighted by Crippen LogP contribution is -2.50. The highest BCUT2D eigenvalue weighted by Gasteiger charge is 2.19. The Hall–Kier alpha value is -0.0800. The Morgan fingerprint density at radius 3 is 2.64 bits per heavy atom. The number of rotatable bonds is 2. The fourth-order valence-corrected chi connectivity index (χ4v) is 1.80. The molecule has 1 atom stereocenters. The summed E-state index contributed by atoms with van der Waals surface area (Å²) in [5, 5.41) is 0. The Morgan fingerprint density at radius 2 is 2.09 bits per heavy atom. The normalized spacial score (nSPS) is 29.2. The lowest BCUT2D eigenvalue weighted by atomic mass is 10.2. The lowest BCUT2D eigenvalue weighted by Gasteiger charge is -2.37. The standard InChI is InChI=1S/C9H20N2/c1-4-5-11-7-6-10(3)8-9(11)2/h9H,4-8H2,1-3H3. The second-order valence-electron chi connectivity index (χ2n) is 3.65. The Labute approximate surface area is 70.2 Å². The molecule has 1 rings (SSSR count). The first-order valence-corrected chi connectivity index (χ1v) is 4.66. The van der Waals surface area contributed by atoms with E-state index in [1.165, 1.54) is 32.6 Å². The summed E-state index contributed by atoms with van der Waals surface area (Å²) in [6.07, 6.45) is 1.29. The van der Waals surface area contributed by atoms with E-state index in [0.29, 0.717) is 0 Å². The Kier molecular flexibility index (Phi) is 3.34. The second-order valence-corrected chi connectivity index (χ2v) is 3.65. The summed E-state index contributed by atoms with van der Waals surface area (Å²) in [6.45, 7) is 9.58. The molecule has 2 nitrogen and oxygen atoms in total. The van der Waals surface area contributed by atoms with Crippen LogP contribution < -0.4 is 0 Å². The molecule has 0 bridgehead atoms. The number of hydrogen-bond donors (Lipinski definition) is 0. The van der Waals surface area contributed by atoms with Crippen LogP contribution in [0.1, 0.15) is 20.3 Å². The third-order valence-corrected chi connectivity index (χ3v) is 2.48. The zero-order chi connectivity index (χ0) is 8.27. The molecule has 0 aromatic rings. The molecule has 0 spiro atoms. The molecule has 66 valence electrons. The van der Waals surface area contributed by atoms with Crippen LogP contribution in [0.15, 0.2) is 0 Å². The average molecular weight is 156 g/mol. The summed E-state index contributed by atoms with van der Waals surface area (Å²) in [4.78, 5) is 5.00. The SMILES string of the molecule is CCCN1CCN(C)CC1C. The Balaban J connectivity index is 2.31. The molecule has 1 saturated heterocycles. The predicted molar refractivity (Wildman–Crippen MR) is 48.8 cm³/mol. The van der Waals surface area contributed by atoms with E-state index in [9.17, 15) is 0 Å². The Bertz CT molecular complexity index is 114. The quantitative estimate of drug-likeness (QED) is 0.589. The van der Waals surface area contributed by atoms with Gasteiger partial charge >= 0.3 is 0 Å². The van der Waals surface area contributed by atoms with Crippen molar-refractivity contribution in [1.29, 1.82) is 0 Å². The molecule has 1 fully saturated rings. The first-order chi connectivity index (χ1) is 5.24. The van der Waals surface area contributed by atoms with Gasteiger partial charge in [0.1, 0.15) is 0 Å². The third kappa shape index (κ3) is 2.46. The van der Waals surface area contributed by atoms with Crippen molar-refractivity contribution in [2.24, 2.45) is 0 Å². The molecule has 1 heterocycles. The van der Waals surface area contributed by atoms with Crippen molar-refractivity contribution in [2.75, 3.05) is 33.2 Å². The van der Waals surface area contributed by atoms with Crippen molar-refractivity contribution in [2.45, 2.75) is 26.3 Å². The number of hydrogen-bond acceptors (Lipinski definition) is 2. The molecule has 0 aromatic carbocycles. The molecule has 0 amide bonds. The van der Waals surface area contributed by atoms with Gasteiger partial charge in [-0.25, -0.2) is 0 Å². The smallest absolute Gasteiger partial charge is 0.0195 e. The lowest BCUT2D eigenvalue weighted by molar-refractivity contribution is 0.100. The van der Waals surface area contributed by atoms with E-state index < -0.39 is 0 Å². The first kappa shape index (κ1) is 9.01. The van der Waals surface area contributed by atoms with E-state index in [2.05, 4.69) is 30.7 Å². The van der Waals surface area contributed by atoms with Gasteiger partial charge in [0.2, 0.25) is 0 Å². The van der Waals surface area contributed by atoms with Crippen LogP contribution in [0.3, 0.4) is 0 Å². The summed E-state index contributed by atoms with van der Waals surface area (Å²) in [7, 11) is 2.21. The monoisotopic (exact) mass is 156 g/mol. The molecule has 0 aliphatic carbocycles. The highest BCUT2D eigenvalue weighted by atomic mass is 15.3. The van der Waals surface area contributed by atoms with E-state index in [-0.39, 0.29) is 0 Å². The molecule has 0 saturated carbocycles. The summed E-state index contributed by atoms with van der Waals surface area (Å²) in [5.74, 6) is 0. The zero-order valence-corrected chi connectivity index (χ0v) is 8.01. The van der Waals surface area contributed by atoms with Gasteiger partial charge in [-0.3, -0.25) is 4.90 Å². The highest BCUT2D eigenvalue weighted by molar-refractivity contribution is 4.76. The molecule has 2 heteroatoms. The highest BCUT2D eigenvalue weighted by Crippen LogP contribution is 2.07. The van der Waals surface area contributed by atoms with Crippen molar-refractivity contribution in [3.05, 3.63) is 0 Å². The minimum atomic E-state index is 0.758. The molecular formula is C9H20N2. The predicted octanol–water partition coefficient (Wildman–Crippen LogP) is 1.03.